The van der Waals surface area contributed by atoms with Crippen LogP contribution in [0.25, 0.3) is 0 Å². The van der Waals surface area contributed by atoms with E-state index in [1.165, 1.54) is 17.0 Å². The van der Waals surface area contributed by atoms with E-state index in [2.05, 4.69) is 0 Å². The molecule has 1 saturated heterocycles. The molecule has 2 aromatic carbocycles. The number of aryl methyl sites for hydroxylation is 2. The van der Waals surface area contributed by atoms with Crippen LogP contribution in [-0.4, -0.2) is 33.8 Å². The van der Waals surface area contributed by atoms with Gasteiger partial charge in [0.1, 0.15) is 11.9 Å². The molecule has 1 aliphatic heterocycles. The predicted octanol–water partition coefficient (Wildman–Crippen LogP) is 4.97. The van der Waals surface area contributed by atoms with Gasteiger partial charge in [0, 0.05) is 43.2 Å². The van der Waals surface area contributed by atoms with Gasteiger partial charge in [0.15, 0.2) is 0 Å². The van der Waals surface area contributed by atoms with E-state index >= 15 is 0 Å². The second kappa shape index (κ2) is 9.63. The van der Waals surface area contributed by atoms with Gasteiger partial charge in [-0.1, -0.05) is 12.1 Å². The van der Waals surface area contributed by atoms with Gasteiger partial charge >= 0.3 is 6.18 Å². The van der Waals surface area contributed by atoms with Crippen molar-refractivity contribution in [1.29, 1.82) is 5.41 Å². The number of rotatable bonds is 7. The van der Waals surface area contributed by atoms with Crippen LogP contribution < -0.4 is 16.3 Å². The van der Waals surface area contributed by atoms with E-state index in [0.29, 0.717) is 28.8 Å². The minimum Gasteiger partial charge on any atom is -0.366 e. The molecule has 1 aliphatic carbocycles. The third kappa shape index (κ3) is 4.83. The predicted molar refractivity (Wildman–Crippen MR) is 135 cm³/mol. The molecule has 1 saturated carbocycles. The van der Waals surface area contributed by atoms with Gasteiger partial charge in [-0.05, 0) is 79.0 Å². The highest BCUT2D eigenvalue weighted by Gasteiger charge is 2.46. The number of hydrogen-bond donors (Lipinski definition) is 2. The number of benzene rings is 2. The number of carbonyl (C=O) groups is 1. The minimum atomic E-state index is -4.41. The Kier molecular flexibility index (Phi) is 6.61. The molecule has 0 unspecified atom stereocenters. The lowest BCUT2D eigenvalue weighted by Gasteiger charge is -2.31. The number of primary amides is 1. The summed E-state index contributed by atoms with van der Waals surface area (Å²) in [5.74, 6) is -1.15. The molecular weight excluding hydrogens is 498 g/mol. The van der Waals surface area contributed by atoms with E-state index in [4.69, 9.17) is 11.1 Å². The lowest BCUT2D eigenvalue weighted by atomic mass is 9.80. The van der Waals surface area contributed by atoms with Crippen molar-refractivity contribution < 1.29 is 22.4 Å². The van der Waals surface area contributed by atoms with Crippen molar-refractivity contribution in [2.45, 2.75) is 57.3 Å². The zero-order valence-corrected chi connectivity index (χ0v) is 21.4. The molecule has 2 aliphatic rings. The molecule has 5 rings (SSSR count). The molecule has 2 atom stereocenters. The fourth-order valence-electron chi connectivity index (χ4n) is 5.78. The Morgan fingerprint density at radius 2 is 1.89 bits per heavy atom. The van der Waals surface area contributed by atoms with Gasteiger partial charge in [-0.25, -0.2) is 4.39 Å². The normalized spacial score (nSPS) is 18.7. The maximum atomic E-state index is 14.2. The highest BCUT2D eigenvalue weighted by molar-refractivity contribution is 5.96. The zero-order valence-electron chi connectivity index (χ0n) is 21.4. The summed E-state index contributed by atoms with van der Waals surface area (Å²) in [5, 5.41) is 8.42. The first-order valence-electron chi connectivity index (χ1n) is 12.8. The Labute approximate surface area is 218 Å². The summed E-state index contributed by atoms with van der Waals surface area (Å²) in [7, 11) is 1.73. The molecule has 1 amide bonds. The van der Waals surface area contributed by atoms with Crippen LogP contribution in [0.5, 0.6) is 0 Å². The Hall–Kier alpha value is -3.56. The highest BCUT2D eigenvalue weighted by atomic mass is 19.4. The van der Waals surface area contributed by atoms with Crippen LogP contribution in [-0.2, 0) is 13.6 Å². The third-order valence-electron chi connectivity index (χ3n) is 7.84. The number of nitrogens with two attached hydrogens (primary N) is 1. The van der Waals surface area contributed by atoms with Crippen molar-refractivity contribution in [2.24, 2.45) is 18.7 Å². The van der Waals surface area contributed by atoms with Crippen molar-refractivity contribution in [3.8, 4) is 0 Å². The number of aromatic nitrogens is 2. The smallest absolute Gasteiger partial charge is 0.366 e. The van der Waals surface area contributed by atoms with Crippen molar-refractivity contribution in [2.75, 3.05) is 11.4 Å². The molecule has 2 heterocycles. The van der Waals surface area contributed by atoms with Crippen LogP contribution in [0.3, 0.4) is 0 Å². The molecule has 3 N–H and O–H groups in total. The average Bonchev–Trinajstić information content (AvgIpc) is 3.46. The Morgan fingerprint density at radius 3 is 2.47 bits per heavy atom. The summed E-state index contributed by atoms with van der Waals surface area (Å²) < 4.78 is 59.1. The van der Waals surface area contributed by atoms with E-state index in [1.54, 1.807) is 53.7 Å². The number of hydrogen-bond acceptors (Lipinski definition) is 3. The van der Waals surface area contributed by atoms with Crippen molar-refractivity contribution in [1.82, 2.24) is 9.13 Å². The van der Waals surface area contributed by atoms with Crippen LogP contribution in [0.15, 0.2) is 42.7 Å². The fraction of sp³-hybridized carbons (Fsp3) is 0.429. The molecule has 0 bridgehead atoms. The maximum Gasteiger partial charge on any atom is 0.408 e. The van der Waals surface area contributed by atoms with Gasteiger partial charge < -0.3 is 19.8 Å². The summed E-state index contributed by atoms with van der Waals surface area (Å²) in [5.41, 5.74) is 9.17. The first-order valence-corrected chi connectivity index (χ1v) is 12.8. The molecule has 0 radical (unpaired) electrons. The van der Waals surface area contributed by atoms with Crippen LogP contribution >= 0.6 is 0 Å². The number of imidazole rings is 1. The lowest BCUT2D eigenvalue weighted by Crippen LogP contribution is -2.41. The van der Waals surface area contributed by atoms with E-state index in [-0.39, 0.29) is 48.3 Å². The van der Waals surface area contributed by atoms with Gasteiger partial charge in [-0.3, -0.25) is 10.2 Å². The van der Waals surface area contributed by atoms with Crippen molar-refractivity contribution in [3.05, 3.63) is 82.0 Å². The molecule has 10 heteroatoms. The SMILES string of the molecule is Cc1cc([C@@H](c2c(Cn3ccn(C)c3=N)cc(N3CCC[C@@H]3C(F)(F)F)cc2C(N)=O)C2CC2)ccc1F. The number of halogens is 4. The molecular formula is C28H31F4N5O. The molecule has 3 aromatic rings. The summed E-state index contributed by atoms with van der Waals surface area (Å²) in [4.78, 5) is 14.2. The van der Waals surface area contributed by atoms with Crippen LogP contribution in [0.1, 0.15) is 64.2 Å². The Morgan fingerprint density at radius 1 is 1.16 bits per heavy atom. The van der Waals surface area contributed by atoms with Crippen LogP contribution in [0.4, 0.5) is 23.2 Å². The van der Waals surface area contributed by atoms with E-state index < -0.39 is 18.1 Å². The summed E-state index contributed by atoms with van der Waals surface area (Å²) in [6.45, 7) is 2.07. The number of nitrogens with one attached hydrogen (secondary N) is 1. The van der Waals surface area contributed by atoms with Crippen LogP contribution in [0.2, 0.25) is 0 Å². The fourth-order valence-corrected chi connectivity index (χ4v) is 5.78. The topological polar surface area (TPSA) is 80.0 Å². The highest BCUT2D eigenvalue weighted by Crippen LogP contribution is 2.49. The van der Waals surface area contributed by atoms with Gasteiger partial charge in [0.2, 0.25) is 11.5 Å². The Balaban J connectivity index is 1.73. The van der Waals surface area contributed by atoms with E-state index in [0.717, 1.165) is 18.4 Å². The average molecular weight is 530 g/mol. The summed E-state index contributed by atoms with van der Waals surface area (Å²) in [6.07, 6.45) is 1.23. The minimum absolute atomic E-state index is 0.0175. The molecule has 6 nitrogen and oxygen atoms in total. The number of anilines is 1. The Bertz CT molecular complexity index is 1440. The zero-order chi connectivity index (χ0) is 27.4. The third-order valence-corrected chi connectivity index (χ3v) is 7.84. The standard InChI is InChI=1S/C28H31F4N5O/c1-16-12-18(7-8-22(16)29)24(17-5-6-17)25-19(15-36-11-10-35(2)27(36)34)13-20(14-21(25)26(33)38)37-9-3-4-23(37)28(30,31)32/h7-8,10-14,17,23-24,34H,3-6,9,15H2,1-2H3,(H2,33,38)/t23-,24+/m1/s1. The first kappa shape index (κ1) is 26.1. The van der Waals surface area contributed by atoms with Gasteiger partial charge in [0.05, 0.1) is 6.54 Å². The quantitative estimate of drug-likeness (QED) is 0.424. The molecule has 2 fully saturated rings. The molecule has 0 spiro atoms. The van der Waals surface area contributed by atoms with Gasteiger partial charge in [-0.2, -0.15) is 13.2 Å². The number of carbonyl (C=O) groups excluding carboxylic acids is 1. The maximum absolute atomic E-state index is 14.2. The summed E-state index contributed by atoms with van der Waals surface area (Å²) >= 11 is 0. The molecule has 38 heavy (non-hydrogen) atoms. The monoisotopic (exact) mass is 529 g/mol. The van der Waals surface area contributed by atoms with Crippen molar-refractivity contribution >= 4 is 11.6 Å². The van der Waals surface area contributed by atoms with Gasteiger partial charge in [-0.15, -0.1) is 0 Å². The second-order valence-electron chi connectivity index (χ2n) is 10.5. The largest absolute Gasteiger partial charge is 0.408 e. The van der Waals surface area contributed by atoms with Crippen molar-refractivity contribution in [3.63, 3.8) is 0 Å². The van der Waals surface area contributed by atoms with E-state index in [1.807, 2.05) is 0 Å². The number of amides is 1. The lowest BCUT2D eigenvalue weighted by molar-refractivity contribution is -0.145. The molecule has 202 valence electrons. The first-order chi connectivity index (χ1) is 18.0. The second-order valence-corrected chi connectivity index (χ2v) is 10.5. The molecule has 1 aromatic heterocycles. The number of alkyl halides is 3. The van der Waals surface area contributed by atoms with E-state index in [9.17, 15) is 22.4 Å². The summed E-state index contributed by atoms with van der Waals surface area (Å²) in [6, 6.07) is 6.46. The van der Waals surface area contributed by atoms with Gasteiger partial charge in [0.25, 0.3) is 0 Å². The number of nitrogens with zero attached hydrogens (tertiary/aromatic N) is 3. The van der Waals surface area contributed by atoms with Crippen LogP contribution in [0, 0.1) is 24.1 Å².